The molecule has 1 aromatic rings. The van der Waals surface area contributed by atoms with Crippen LogP contribution < -0.4 is 9.47 Å². The number of hydrogen-bond acceptors (Lipinski definition) is 4. The second-order valence-corrected chi connectivity index (χ2v) is 3.54. The van der Waals surface area contributed by atoms with Crippen molar-refractivity contribution in [1.29, 1.82) is 0 Å². The molecule has 88 valence electrons. The predicted octanol–water partition coefficient (Wildman–Crippen LogP) is 2.18. The van der Waals surface area contributed by atoms with Crippen molar-refractivity contribution in [2.24, 2.45) is 0 Å². The van der Waals surface area contributed by atoms with E-state index in [1.807, 2.05) is 0 Å². The highest BCUT2D eigenvalue weighted by Gasteiger charge is 2.13. The topological polar surface area (TPSA) is 61.6 Å². The van der Waals surface area contributed by atoms with Crippen LogP contribution in [-0.4, -0.2) is 25.7 Å². The second kappa shape index (κ2) is 5.55. The SMILES string of the molecule is COc1cc(Cl)cc(CC[N+](=O)[O-])c1OC. The fraction of sp³-hybridized carbons (Fsp3) is 0.400. The average molecular weight is 246 g/mol. The lowest BCUT2D eigenvalue weighted by Crippen LogP contribution is -2.06. The zero-order valence-electron chi connectivity index (χ0n) is 9.03. The number of methoxy groups -OCH3 is 2. The van der Waals surface area contributed by atoms with Crippen molar-refractivity contribution in [1.82, 2.24) is 0 Å². The van der Waals surface area contributed by atoms with Crippen molar-refractivity contribution in [3.05, 3.63) is 32.8 Å². The third kappa shape index (κ3) is 3.00. The van der Waals surface area contributed by atoms with E-state index in [1.165, 1.54) is 14.2 Å². The lowest BCUT2D eigenvalue weighted by molar-refractivity contribution is -0.479. The summed E-state index contributed by atoms with van der Waals surface area (Å²) in [5.41, 5.74) is 0.670. The van der Waals surface area contributed by atoms with Gasteiger partial charge >= 0.3 is 0 Å². The smallest absolute Gasteiger partial charge is 0.208 e. The first-order valence-corrected chi connectivity index (χ1v) is 4.98. The molecule has 0 aliphatic heterocycles. The van der Waals surface area contributed by atoms with E-state index in [0.29, 0.717) is 22.1 Å². The number of rotatable bonds is 5. The molecule has 0 amide bonds. The number of nitro groups is 1. The zero-order valence-corrected chi connectivity index (χ0v) is 9.78. The first-order valence-electron chi connectivity index (χ1n) is 4.60. The molecule has 0 unspecified atom stereocenters. The zero-order chi connectivity index (χ0) is 12.1. The summed E-state index contributed by atoms with van der Waals surface area (Å²) in [4.78, 5) is 9.93. The van der Waals surface area contributed by atoms with Crippen LogP contribution in [0, 0.1) is 10.1 Å². The quantitative estimate of drug-likeness (QED) is 0.589. The Kier molecular flexibility index (Phi) is 4.37. The van der Waals surface area contributed by atoms with Gasteiger partial charge in [-0.05, 0) is 6.07 Å². The van der Waals surface area contributed by atoms with Gasteiger partial charge in [-0.3, -0.25) is 10.1 Å². The number of nitrogens with zero attached hydrogens (tertiary/aromatic N) is 1. The van der Waals surface area contributed by atoms with Crippen molar-refractivity contribution in [2.75, 3.05) is 20.8 Å². The number of hydrogen-bond donors (Lipinski definition) is 0. The number of benzene rings is 1. The summed E-state index contributed by atoms with van der Waals surface area (Å²) in [6, 6.07) is 3.25. The van der Waals surface area contributed by atoms with E-state index in [9.17, 15) is 10.1 Å². The highest BCUT2D eigenvalue weighted by atomic mass is 35.5. The van der Waals surface area contributed by atoms with Crippen LogP contribution in [0.1, 0.15) is 5.56 Å². The van der Waals surface area contributed by atoms with Gasteiger partial charge in [0, 0.05) is 28.0 Å². The third-order valence-corrected chi connectivity index (χ3v) is 2.30. The van der Waals surface area contributed by atoms with Gasteiger partial charge in [-0.15, -0.1) is 0 Å². The Morgan fingerprint density at radius 3 is 2.56 bits per heavy atom. The van der Waals surface area contributed by atoms with E-state index in [1.54, 1.807) is 12.1 Å². The lowest BCUT2D eigenvalue weighted by Gasteiger charge is -2.12. The van der Waals surface area contributed by atoms with Crippen LogP contribution in [0.5, 0.6) is 11.5 Å². The second-order valence-electron chi connectivity index (χ2n) is 3.11. The minimum atomic E-state index is -0.382. The molecule has 0 spiro atoms. The largest absolute Gasteiger partial charge is 0.493 e. The first kappa shape index (κ1) is 12.6. The van der Waals surface area contributed by atoms with Crippen LogP contribution >= 0.6 is 11.6 Å². The summed E-state index contributed by atoms with van der Waals surface area (Å²) in [6.45, 7) is -0.167. The van der Waals surface area contributed by atoms with Crippen LogP contribution in [0.15, 0.2) is 12.1 Å². The third-order valence-electron chi connectivity index (χ3n) is 2.08. The monoisotopic (exact) mass is 245 g/mol. The molecule has 16 heavy (non-hydrogen) atoms. The van der Waals surface area contributed by atoms with Crippen LogP contribution in [0.2, 0.25) is 5.02 Å². The van der Waals surface area contributed by atoms with Gasteiger partial charge in [-0.25, -0.2) is 0 Å². The Morgan fingerprint density at radius 2 is 2.06 bits per heavy atom. The fourth-order valence-corrected chi connectivity index (χ4v) is 1.63. The average Bonchev–Trinajstić information content (AvgIpc) is 2.25. The molecular formula is C10H12ClNO4. The van der Waals surface area contributed by atoms with E-state index < -0.39 is 0 Å². The molecule has 0 radical (unpaired) electrons. The van der Waals surface area contributed by atoms with Gasteiger partial charge in [0.2, 0.25) is 6.54 Å². The molecule has 0 aliphatic carbocycles. The molecule has 1 rings (SSSR count). The maximum Gasteiger partial charge on any atom is 0.208 e. The molecule has 0 aliphatic rings. The molecular weight excluding hydrogens is 234 g/mol. The van der Waals surface area contributed by atoms with Gasteiger partial charge in [0.05, 0.1) is 14.2 Å². The normalized spacial score (nSPS) is 9.94. The first-order chi connectivity index (χ1) is 7.58. The molecule has 0 N–H and O–H groups in total. The molecule has 0 bridgehead atoms. The number of halogens is 1. The molecule has 6 heteroatoms. The van der Waals surface area contributed by atoms with E-state index in [2.05, 4.69) is 0 Å². The Hall–Kier alpha value is -1.49. The molecule has 5 nitrogen and oxygen atoms in total. The maximum atomic E-state index is 10.3. The van der Waals surface area contributed by atoms with Gasteiger partial charge < -0.3 is 9.47 Å². The standard InChI is InChI=1S/C10H12ClNO4/c1-15-9-6-8(11)5-7(10(9)16-2)3-4-12(13)14/h5-6H,3-4H2,1-2H3. The van der Waals surface area contributed by atoms with Crippen LogP contribution in [0.25, 0.3) is 0 Å². The summed E-state index contributed by atoms with van der Waals surface area (Å²) in [6.07, 6.45) is 0.257. The van der Waals surface area contributed by atoms with Crippen molar-refractivity contribution in [3.63, 3.8) is 0 Å². The van der Waals surface area contributed by atoms with E-state index in [0.717, 1.165) is 0 Å². The fourth-order valence-electron chi connectivity index (χ4n) is 1.40. The summed E-state index contributed by atoms with van der Waals surface area (Å²) >= 11 is 5.87. The van der Waals surface area contributed by atoms with E-state index >= 15 is 0 Å². The Balaban J connectivity index is 3.04. The summed E-state index contributed by atoms with van der Waals surface area (Å²) in [5.74, 6) is 0.974. The van der Waals surface area contributed by atoms with Crippen molar-refractivity contribution in [2.45, 2.75) is 6.42 Å². The molecule has 0 fully saturated rings. The predicted molar refractivity (Wildman–Crippen MR) is 60.1 cm³/mol. The molecule has 0 saturated heterocycles. The van der Waals surface area contributed by atoms with Crippen molar-refractivity contribution < 1.29 is 14.4 Å². The van der Waals surface area contributed by atoms with Gasteiger partial charge in [0.1, 0.15) is 0 Å². The summed E-state index contributed by atoms with van der Waals surface area (Å²) < 4.78 is 10.2. The summed E-state index contributed by atoms with van der Waals surface area (Å²) in [5, 5.41) is 10.8. The molecule has 0 aromatic heterocycles. The highest BCUT2D eigenvalue weighted by molar-refractivity contribution is 6.30. The van der Waals surface area contributed by atoms with Gasteiger partial charge in [-0.1, -0.05) is 11.6 Å². The van der Waals surface area contributed by atoms with Gasteiger partial charge in [-0.2, -0.15) is 0 Å². The maximum absolute atomic E-state index is 10.3. The molecule has 0 atom stereocenters. The van der Waals surface area contributed by atoms with Crippen molar-refractivity contribution >= 4 is 11.6 Å². The van der Waals surface area contributed by atoms with Crippen molar-refractivity contribution in [3.8, 4) is 11.5 Å². The molecule has 0 saturated carbocycles. The highest BCUT2D eigenvalue weighted by Crippen LogP contribution is 2.34. The van der Waals surface area contributed by atoms with E-state index in [-0.39, 0.29) is 17.9 Å². The molecule has 1 aromatic carbocycles. The molecule has 0 heterocycles. The lowest BCUT2D eigenvalue weighted by atomic mass is 10.1. The van der Waals surface area contributed by atoms with Crippen LogP contribution in [-0.2, 0) is 6.42 Å². The Labute approximate surface area is 98.1 Å². The minimum Gasteiger partial charge on any atom is -0.493 e. The van der Waals surface area contributed by atoms with Crippen LogP contribution in [0.3, 0.4) is 0 Å². The minimum absolute atomic E-state index is 0.167. The number of ether oxygens (including phenoxy) is 2. The van der Waals surface area contributed by atoms with Gasteiger partial charge in [0.15, 0.2) is 11.5 Å². The Bertz CT molecular complexity index is 395. The van der Waals surface area contributed by atoms with Crippen LogP contribution in [0.4, 0.5) is 0 Å². The summed E-state index contributed by atoms with van der Waals surface area (Å²) in [7, 11) is 2.98. The van der Waals surface area contributed by atoms with E-state index in [4.69, 9.17) is 21.1 Å². The van der Waals surface area contributed by atoms with Gasteiger partial charge in [0.25, 0.3) is 0 Å². The Morgan fingerprint density at radius 1 is 1.38 bits per heavy atom.